The Morgan fingerprint density at radius 3 is 1.92 bits per heavy atom. The van der Waals surface area contributed by atoms with Gasteiger partial charge in [0.1, 0.15) is 0 Å². The predicted molar refractivity (Wildman–Crippen MR) is 47.0 cm³/mol. The Hall–Kier alpha value is -0.160. The molecule has 0 spiro atoms. The van der Waals surface area contributed by atoms with Crippen molar-refractivity contribution in [3.8, 4) is 0 Å². The first-order valence-corrected chi connectivity index (χ1v) is 4.67. The second-order valence-electron chi connectivity index (χ2n) is 4.17. The van der Waals surface area contributed by atoms with Gasteiger partial charge in [0.15, 0.2) is 0 Å². The maximum atomic E-state index is 9.65. The average molecular weight is 190 g/mol. The largest absolute Gasteiger partial charge is 0.393 e. The van der Waals surface area contributed by atoms with Crippen LogP contribution < -0.4 is 0 Å². The summed E-state index contributed by atoms with van der Waals surface area (Å²) in [6, 6.07) is 0. The lowest BCUT2D eigenvalue weighted by Crippen LogP contribution is -2.39. The maximum Gasteiger partial charge on any atom is 0.0877 e. The number of rotatable bonds is 2. The van der Waals surface area contributed by atoms with Gasteiger partial charge in [-0.15, -0.1) is 0 Å². The van der Waals surface area contributed by atoms with Crippen LogP contribution in [0.15, 0.2) is 0 Å². The fraction of sp³-hybridized carbons (Fsp3) is 1.00. The lowest BCUT2D eigenvalue weighted by Gasteiger charge is -2.27. The van der Waals surface area contributed by atoms with E-state index in [1.54, 1.807) is 0 Å². The van der Waals surface area contributed by atoms with E-state index >= 15 is 0 Å². The highest BCUT2D eigenvalue weighted by atomic mass is 16.3. The van der Waals surface area contributed by atoms with Crippen molar-refractivity contribution in [3.63, 3.8) is 0 Å². The van der Waals surface area contributed by atoms with Gasteiger partial charge < -0.3 is 20.4 Å². The molecule has 0 bridgehead atoms. The van der Waals surface area contributed by atoms with Gasteiger partial charge >= 0.3 is 0 Å². The molecule has 0 aromatic heterocycles. The first-order chi connectivity index (χ1) is 5.95. The molecule has 5 atom stereocenters. The molecule has 0 radical (unpaired) electrons. The zero-order valence-corrected chi connectivity index (χ0v) is 7.96. The predicted octanol–water partition coefficient (Wildman–Crippen LogP) is -0.894. The molecule has 0 aliphatic heterocycles. The molecule has 0 heterocycles. The van der Waals surface area contributed by atoms with Crippen LogP contribution in [0.1, 0.15) is 20.3 Å². The van der Waals surface area contributed by atoms with Gasteiger partial charge in [0, 0.05) is 12.3 Å². The number of aliphatic hydroxyl groups excluding tert-OH is 4. The topological polar surface area (TPSA) is 80.9 Å². The molecule has 4 nitrogen and oxygen atoms in total. The summed E-state index contributed by atoms with van der Waals surface area (Å²) in [5.41, 5.74) is 0. The van der Waals surface area contributed by atoms with E-state index < -0.39 is 30.3 Å². The van der Waals surface area contributed by atoms with E-state index in [9.17, 15) is 20.4 Å². The molecule has 0 saturated heterocycles. The molecule has 4 heteroatoms. The van der Waals surface area contributed by atoms with Crippen molar-refractivity contribution in [2.45, 2.75) is 44.7 Å². The van der Waals surface area contributed by atoms with Gasteiger partial charge in [0.25, 0.3) is 0 Å². The second kappa shape index (κ2) is 3.92. The minimum absolute atomic E-state index is 0.0281. The van der Waals surface area contributed by atoms with Crippen LogP contribution in [-0.4, -0.2) is 44.8 Å². The minimum Gasteiger partial charge on any atom is -0.393 e. The molecule has 2 unspecified atom stereocenters. The zero-order chi connectivity index (χ0) is 10.2. The van der Waals surface area contributed by atoms with Crippen molar-refractivity contribution >= 4 is 0 Å². The van der Waals surface area contributed by atoms with E-state index in [-0.39, 0.29) is 12.3 Å². The molecule has 0 amide bonds. The first-order valence-electron chi connectivity index (χ1n) is 4.67. The molecular weight excluding hydrogens is 172 g/mol. The van der Waals surface area contributed by atoms with Gasteiger partial charge in [-0.25, -0.2) is 0 Å². The zero-order valence-electron chi connectivity index (χ0n) is 7.96. The van der Waals surface area contributed by atoms with Crippen LogP contribution in [0, 0.1) is 11.8 Å². The fourth-order valence-electron chi connectivity index (χ4n) is 1.90. The second-order valence-corrected chi connectivity index (χ2v) is 4.17. The monoisotopic (exact) mass is 190 g/mol. The van der Waals surface area contributed by atoms with Gasteiger partial charge in [-0.2, -0.15) is 0 Å². The summed E-state index contributed by atoms with van der Waals surface area (Å²) in [6.45, 7) is 3.63. The maximum absolute atomic E-state index is 9.65. The third-order valence-electron chi connectivity index (χ3n) is 2.79. The van der Waals surface area contributed by atoms with Crippen LogP contribution in [0.5, 0.6) is 0 Å². The molecule has 1 saturated carbocycles. The summed E-state index contributed by atoms with van der Waals surface area (Å²) in [7, 11) is 0. The van der Waals surface area contributed by atoms with Crippen molar-refractivity contribution < 1.29 is 20.4 Å². The molecular formula is C9H18O4. The highest BCUT2D eigenvalue weighted by Gasteiger charge is 2.45. The number of aliphatic hydroxyl groups is 4. The summed E-state index contributed by atoms with van der Waals surface area (Å²) in [4.78, 5) is 0. The normalized spacial score (nSPS) is 42.7. The molecule has 1 aliphatic carbocycles. The van der Waals surface area contributed by atoms with Crippen LogP contribution in [0.2, 0.25) is 0 Å². The quantitative estimate of drug-likeness (QED) is 0.455. The molecule has 1 fully saturated rings. The van der Waals surface area contributed by atoms with Gasteiger partial charge in [-0.05, 0) is 5.92 Å². The van der Waals surface area contributed by atoms with Crippen molar-refractivity contribution in [2.24, 2.45) is 11.8 Å². The number of hydrogen-bond acceptors (Lipinski definition) is 4. The Morgan fingerprint density at radius 2 is 1.62 bits per heavy atom. The van der Waals surface area contributed by atoms with Gasteiger partial charge in [0.2, 0.25) is 0 Å². The third-order valence-corrected chi connectivity index (χ3v) is 2.79. The lowest BCUT2D eigenvalue weighted by atomic mass is 9.89. The Kier molecular flexibility index (Phi) is 3.29. The summed E-state index contributed by atoms with van der Waals surface area (Å²) >= 11 is 0. The molecule has 0 aromatic carbocycles. The third kappa shape index (κ3) is 2.02. The van der Waals surface area contributed by atoms with Crippen molar-refractivity contribution in [1.29, 1.82) is 0 Å². The fourth-order valence-corrected chi connectivity index (χ4v) is 1.90. The summed E-state index contributed by atoms with van der Waals surface area (Å²) < 4.78 is 0. The van der Waals surface area contributed by atoms with Crippen LogP contribution in [0.4, 0.5) is 0 Å². The van der Waals surface area contributed by atoms with E-state index in [1.807, 2.05) is 13.8 Å². The Labute approximate surface area is 77.8 Å². The number of hydrogen-bond donors (Lipinski definition) is 4. The highest BCUT2D eigenvalue weighted by molar-refractivity contribution is 4.95. The Balaban J connectivity index is 2.68. The molecule has 0 aromatic rings. The molecule has 78 valence electrons. The standard InChI is InChI=1S/C9H18O4/c1-4(2)8(12)7-5(10)3-6(11)9(7)13/h4-13H,3H2,1-2H3/t5?,6-,7-,8-,9?/m0/s1. The highest BCUT2D eigenvalue weighted by Crippen LogP contribution is 2.31. The molecule has 1 rings (SSSR count). The smallest absolute Gasteiger partial charge is 0.0877 e. The van der Waals surface area contributed by atoms with Gasteiger partial charge in [-0.3, -0.25) is 0 Å². The Morgan fingerprint density at radius 1 is 1.08 bits per heavy atom. The average Bonchev–Trinajstić information content (AvgIpc) is 2.26. The lowest BCUT2D eigenvalue weighted by molar-refractivity contribution is -0.0569. The van der Waals surface area contributed by atoms with Crippen LogP contribution >= 0.6 is 0 Å². The summed E-state index contributed by atoms with van der Waals surface area (Å²) in [5.74, 6) is -0.644. The van der Waals surface area contributed by atoms with Crippen molar-refractivity contribution in [1.82, 2.24) is 0 Å². The van der Waals surface area contributed by atoms with E-state index in [1.165, 1.54) is 0 Å². The molecule has 13 heavy (non-hydrogen) atoms. The Bertz CT molecular complexity index is 171. The van der Waals surface area contributed by atoms with Crippen LogP contribution in [-0.2, 0) is 0 Å². The van der Waals surface area contributed by atoms with Gasteiger partial charge in [0.05, 0.1) is 24.4 Å². The minimum atomic E-state index is -1.01. The van der Waals surface area contributed by atoms with Crippen molar-refractivity contribution in [2.75, 3.05) is 0 Å². The SMILES string of the molecule is CC(C)[C@H](O)[C@@H]1C(O)C[C@H](O)C1O. The molecule has 1 aliphatic rings. The summed E-state index contributed by atoms with van der Waals surface area (Å²) in [6.07, 6.45) is -3.33. The summed E-state index contributed by atoms with van der Waals surface area (Å²) in [5, 5.41) is 37.8. The first kappa shape index (κ1) is 10.9. The van der Waals surface area contributed by atoms with E-state index in [4.69, 9.17) is 0 Å². The molecule has 4 N–H and O–H groups in total. The van der Waals surface area contributed by atoms with E-state index in [0.717, 1.165) is 0 Å². The van der Waals surface area contributed by atoms with E-state index in [0.29, 0.717) is 0 Å². The van der Waals surface area contributed by atoms with Crippen molar-refractivity contribution in [3.05, 3.63) is 0 Å². The van der Waals surface area contributed by atoms with Crippen LogP contribution in [0.3, 0.4) is 0 Å². The van der Waals surface area contributed by atoms with E-state index in [2.05, 4.69) is 0 Å². The van der Waals surface area contributed by atoms with Gasteiger partial charge in [-0.1, -0.05) is 13.8 Å². The van der Waals surface area contributed by atoms with Crippen LogP contribution in [0.25, 0.3) is 0 Å².